The van der Waals surface area contributed by atoms with Crippen molar-refractivity contribution in [3.8, 4) is 0 Å². The van der Waals surface area contributed by atoms with Crippen molar-refractivity contribution in [2.45, 2.75) is 6.18 Å². The standard InChI is InChI=1S/C11H11N3OS2.C2HF3O2/c12-11-13-8-5-7(1-2-9(8)17-11)10(15)14-3-4-16-6-14;3-2(4,5)1(6)7/h1-2,5H,3-4,6H2,(H2,12,13);(H,6,7). The van der Waals surface area contributed by atoms with Crippen LogP contribution in [0.25, 0.3) is 10.2 Å². The number of carboxylic acid groups (broad SMARTS) is 1. The number of benzene rings is 1. The Morgan fingerprint density at radius 2 is 2.00 bits per heavy atom. The van der Waals surface area contributed by atoms with E-state index in [1.165, 1.54) is 11.3 Å². The first kappa shape index (κ1) is 18.3. The number of halogens is 3. The molecule has 0 unspecified atom stereocenters. The van der Waals surface area contributed by atoms with Crippen LogP contribution in [0.2, 0.25) is 0 Å². The number of aromatic nitrogens is 1. The lowest BCUT2D eigenvalue weighted by molar-refractivity contribution is -0.192. The molecule has 6 nitrogen and oxygen atoms in total. The average Bonchev–Trinajstić information content (AvgIpc) is 3.13. The third kappa shape index (κ3) is 4.51. The normalized spacial score (nSPS) is 14.4. The van der Waals surface area contributed by atoms with Crippen LogP contribution in [0.4, 0.5) is 18.3 Å². The van der Waals surface area contributed by atoms with Crippen molar-refractivity contribution in [3.05, 3.63) is 23.8 Å². The maximum atomic E-state index is 12.2. The Kier molecular flexibility index (Phi) is 5.54. The molecule has 3 N–H and O–H groups in total. The zero-order chi connectivity index (χ0) is 17.9. The summed E-state index contributed by atoms with van der Waals surface area (Å²) in [6, 6.07) is 5.60. The minimum Gasteiger partial charge on any atom is -0.475 e. The number of aliphatic carboxylic acids is 1. The van der Waals surface area contributed by atoms with Gasteiger partial charge in [0.05, 0.1) is 16.1 Å². The van der Waals surface area contributed by atoms with Crippen LogP contribution in [0.15, 0.2) is 18.2 Å². The van der Waals surface area contributed by atoms with Crippen LogP contribution in [0.1, 0.15) is 10.4 Å². The van der Waals surface area contributed by atoms with Crippen LogP contribution in [-0.2, 0) is 4.79 Å². The molecule has 0 atom stereocenters. The molecule has 1 amide bonds. The van der Waals surface area contributed by atoms with Gasteiger partial charge < -0.3 is 15.7 Å². The highest BCUT2D eigenvalue weighted by Crippen LogP contribution is 2.25. The van der Waals surface area contributed by atoms with Crippen LogP contribution in [0.5, 0.6) is 0 Å². The summed E-state index contributed by atoms with van der Waals surface area (Å²) in [5.74, 6) is -0.857. The molecule has 3 rings (SSSR count). The summed E-state index contributed by atoms with van der Waals surface area (Å²) in [6.07, 6.45) is -5.08. The largest absolute Gasteiger partial charge is 0.490 e. The van der Waals surface area contributed by atoms with E-state index in [4.69, 9.17) is 15.6 Å². The number of nitrogens with zero attached hydrogens (tertiary/aromatic N) is 2. The van der Waals surface area contributed by atoms with Gasteiger partial charge in [-0.15, -0.1) is 11.8 Å². The number of carbonyl (C=O) groups is 2. The van der Waals surface area contributed by atoms with Crippen molar-refractivity contribution < 1.29 is 27.9 Å². The van der Waals surface area contributed by atoms with E-state index in [1.807, 2.05) is 23.1 Å². The molecule has 2 aromatic rings. The third-order valence-corrected chi connectivity index (χ3v) is 4.76. The van der Waals surface area contributed by atoms with Gasteiger partial charge in [-0.25, -0.2) is 9.78 Å². The topological polar surface area (TPSA) is 96.5 Å². The van der Waals surface area contributed by atoms with E-state index in [-0.39, 0.29) is 5.91 Å². The van der Waals surface area contributed by atoms with Crippen molar-refractivity contribution in [3.63, 3.8) is 0 Å². The molecule has 2 heterocycles. The molecule has 1 fully saturated rings. The smallest absolute Gasteiger partial charge is 0.475 e. The zero-order valence-corrected chi connectivity index (χ0v) is 13.7. The number of alkyl halides is 3. The van der Waals surface area contributed by atoms with Crippen molar-refractivity contribution in [2.75, 3.05) is 23.9 Å². The first-order chi connectivity index (χ1) is 11.2. The molecule has 0 aliphatic carbocycles. The van der Waals surface area contributed by atoms with E-state index in [0.717, 1.165) is 28.4 Å². The Morgan fingerprint density at radius 1 is 1.33 bits per heavy atom. The Morgan fingerprint density at radius 3 is 2.54 bits per heavy atom. The maximum absolute atomic E-state index is 12.2. The first-order valence-corrected chi connectivity index (χ1v) is 8.49. The number of amides is 1. The van der Waals surface area contributed by atoms with Gasteiger partial charge in [0, 0.05) is 17.9 Å². The van der Waals surface area contributed by atoms with Crippen molar-refractivity contribution in [1.82, 2.24) is 9.88 Å². The van der Waals surface area contributed by atoms with E-state index in [0.29, 0.717) is 10.7 Å². The van der Waals surface area contributed by atoms with Gasteiger partial charge in [-0.3, -0.25) is 4.79 Å². The number of fused-ring (bicyclic) bond motifs is 1. The van der Waals surface area contributed by atoms with Gasteiger partial charge in [-0.2, -0.15) is 13.2 Å². The van der Waals surface area contributed by atoms with Gasteiger partial charge in [-0.1, -0.05) is 11.3 Å². The van der Waals surface area contributed by atoms with Gasteiger partial charge in [0.25, 0.3) is 5.91 Å². The first-order valence-electron chi connectivity index (χ1n) is 6.51. The molecule has 130 valence electrons. The summed E-state index contributed by atoms with van der Waals surface area (Å²) in [7, 11) is 0. The highest BCUT2D eigenvalue weighted by atomic mass is 32.2. The van der Waals surface area contributed by atoms with Gasteiger partial charge in [0.1, 0.15) is 0 Å². The molecule has 0 bridgehead atoms. The highest BCUT2D eigenvalue weighted by Gasteiger charge is 2.38. The number of hydrogen-bond acceptors (Lipinski definition) is 6. The summed E-state index contributed by atoms with van der Waals surface area (Å²) in [5.41, 5.74) is 7.16. The quantitative estimate of drug-likeness (QED) is 0.791. The molecule has 1 aromatic heterocycles. The fraction of sp³-hybridized carbons (Fsp3) is 0.308. The summed E-state index contributed by atoms with van der Waals surface area (Å²) < 4.78 is 32.8. The van der Waals surface area contributed by atoms with Crippen molar-refractivity contribution in [2.24, 2.45) is 0 Å². The second-order valence-corrected chi connectivity index (χ2v) is 6.78. The number of rotatable bonds is 1. The predicted octanol–water partition coefficient (Wildman–Crippen LogP) is 2.66. The van der Waals surface area contributed by atoms with Crippen LogP contribution < -0.4 is 5.73 Å². The lowest BCUT2D eigenvalue weighted by Crippen LogP contribution is -2.27. The van der Waals surface area contributed by atoms with Crippen LogP contribution in [-0.4, -0.2) is 51.2 Å². The van der Waals surface area contributed by atoms with Gasteiger partial charge in [0.2, 0.25) is 0 Å². The lowest BCUT2D eigenvalue weighted by Gasteiger charge is -2.13. The number of thiazole rings is 1. The minimum atomic E-state index is -5.08. The van der Waals surface area contributed by atoms with E-state index in [9.17, 15) is 18.0 Å². The van der Waals surface area contributed by atoms with Crippen LogP contribution in [0, 0.1) is 0 Å². The minimum absolute atomic E-state index is 0.0865. The Balaban J connectivity index is 0.000000256. The van der Waals surface area contributed by atoms with Crippen molar-refractivity contribution >= 4 is 50.3 Å². The fourth-order valence-corrected chi connectivity index (χ4v) is 3.49. The number of hydrogen-bond donors (Lipinski definition) is 2. The third-order valence-electron chi connectivity index (χ3n) is 2.93. The number of thioether (sulfide) groups is 1. The highest BCUT2D eigenvalue weighted by molar-refractivity contribution is 7.99. The SMILES string of the molecule is Nc1nc2cc(C(=O)N3CCSC3)ccc2s1.O=C(O)C(F)(F)F. The van der Waals surface area contributed by atoms with Crippen molar-refractivity contribution in [1.29, 1.82) is 0 Å². The van der Waals surface area contributed by atoms with Crippen LogP contribution >= 0.6 is 23.1 Å². The molecular weight excluding hydrogens is 367 g/mol. The second-order valence-electron chi connectivity index (χ2n) is 4.64. The number of nitrogen functional groups attached to an aromatic ring is 1. The summed E-state index contributed by atoms with van der Waals surface area (Å²) in [4.78, 5) is 27.1. The molecule has 1 saturated heterocycles. The number of carbonyl (C=O) groups excluding carboxylic acids is 1. The summed E-state index contributed by atoms with van der Waals surface area (Å²) in [5, 5.41) is 7.67. The predicted molar refractivity (Wildman–Crippen MR) is 86.1 cm³/mol. The molecule has 1 aromatic carbocycles. The second kappa shape index (κ2) is 7.26. The van der Waals surface area contributed by atoms with Gasteiger partial charge >= 0.3 is 12.1 Å². The number of anilines is 1. The summed E-state index contributed by atoms with van der Waals surface area (Å²) in [6.45, 7) is 0.834. The number of carboxylic acids is 1. The van der Waals surface area contributed by atoms with E-state index in [1.54, 1.807) is 11.8 Å². The molecule has 11 heteroatoms. The molecule has 0 spiro atoms. The van der Waals surface area contributed by atoms with Gasteiger partial charge in [0.15, 0.2) is 5.13 Å². The van der Waals surface area contributed by atoms with E-state index >= 15 is 0 Å². The fourth-order valence-electron chi connectivity index (χ4n) is 1.84. The summed E-state index contributed by atoms with van der Waals surface area (Å²) >= 11 is 3.23. The van der Waals surface area contributed by atoms with Gasteiger partial charge in [-0.05, 0) is 18.2 Å². The average molecular weight is 379 g/mol. The molecule has 0 radical (unpaired) electrons. The lowest BCUT2D eigenvalue weighted by atomic mass is 10.2. The van der Waals surface area contributed by atoms with Crippen LogP contribution in [0.3, 0.4) is 0 Å². The van der Waals surface area contributed by atoms with E-state index in [2.05, 4.69) is 4.98 Å². The van der Waals surface area contributed by atoms with E-state index < -0.39 is 12.1 Å². The molecule has 1 aliphatic rings. The molecule has 1 aliphatic heterocycles. The monoisotopic (exact) mass is 379 g/mol. The maximum Gasteiger partial charge on any atom is 0.490 e. The molecule has 24 heavy (non-hydrogen) atoms. The molecule has 0 saturated carbocycles. The zero-order valence-electron chi connectivity index (χ0n) is 12.0. The Labute approximate surface area is 142 Å². The number of nitrogens with two attached hydrogens (primary N) is 1. The Hall–Kier alpha value is -2.01. The Bertz CT molecular complexity index is 758. The molecular formula is C13H12F3N3O3S2.